The lowest BCUT2D eigenvalue weighted by atomic mass is 9.91. The van der Waals surface area contributed by atoms with E-state index in [4.69, 9.17) is 4.74 Å². The fraction of sp³-hybridized carbons (Fsp3) is 0.190. The van der Waals surface area contributed by atoms with Crippen molar-refractivity contribution in [1.29, 1.82) is 0 Å². The van der Waals surface area contributed by atoms with Crippen LogP contribution in [0.25, 0.3) is 0 Å². The summed E-state index contributed by atoms with van der Waals surface area (Å²) >= 11 is 0. The first-order chi connectivity index (χ1) is 14.2. The molecule has 1 atom stereocenters. The van der Waals surface area contributed by atoms with Crippen LogP contribution < -0.4 is 10.1 Å². The standard InChI is InChI=1S/C21H19N3O6/c1-12-4-6-15(7-5-12)19-18(14(3)25)13(2)22-20(26)23(19)21(27)30-17-10-8-16(9-11-17)24(28)29/h4-11,19H,1-3H3,(H,22,26). The van der Waals surface area contributed by atoms with E-state index in [1.54, 1.807) is 19.1 Å². The van der Waals surface area contributed by atoms with Crippen molar-refractivity contribution in [3.05, 3.63) is 81.0 Å². The van der Waals surface area contributed by atoms with E-state index in [0.717, 1.165) is 10.5 Å². The highest BCUT2D eigenvalue weighted by Gasteiger charge is 2.41. The predicted octanol–water partition coefficient (Wildman–Crippen LogP) is 4.03. The first kappa shape index (κ1) is 20.7. The van der Waals surface area contributed by atoms with Crippen LogP contribution in [-0.2, 0) is 4.79 Å². The Hall–Kier alpha value is -4.01. The molecule has 3 amide bonds. The molecule has 2 aromatic carbocycles. The Balaban J connectivity index is 1.99. The molecule has 0 spiro atoms. The highest BCUT2D eigenvalue weighted by Crippen LogP contribution is 2.35. The lowest BCUT2D eigenvalue weighted by Crippen LogP contribution is -2.51. The number of nitrogens with zero attached hydrogens (tertiary/aromatic N) is 2. The molecule has 9 nitrogen and oxygen atoms in total. The second-order valence-corrected chi connectivity index (χ2v) is 6.83. The van der Waals surface area contributed by atoms with Crippen LogP contribution in [-0.4, -0.2) is 27.7 Å². The number of urea groups is 1. The molecule has 3 rings (SSSR count). The van der Waals surface area contributed by atoms with Gasteiger partial charge >= 0.3 is 12.1 Å². The smallest absolute Gasteiger partial charge is 0.410 e. The Labute approximate surface area is 172 Å². The van der Waals surface area contributed by atoms with Crippen molar-refractivity contribution in [2.75, 3.05) is 0 Å². The summed E-state index contributed by atoms with van der Waals surface area (Å²) in [4.78, 5) is 48.9. The molecule has 30 heavy (non-hydrogen) atoms. The fourth-order valence-electron chi connectivity index (χ4n) is 3.23. The first-order valence-corrected chi connectivity index (χ1v) is 9.03. The van der Waals surface area contributed by atoms with Crippen molar-refractivity contribution < 1.29 is 24.0 Å². The summed E-state index contributed by atoms with van der Waals surface area (Å²) in [6.45, 7) is 4.84. The lowest BCUT2D eigenvalue weighted by Gasteiger charge is -2.35. The molecular formula is C21H19N3O6. The molecule has 2 aromatic rings. The first-order valence-electron chi connectivity index (χ1n) is 9.03. The van der Waals surface area contributed by atoms with Crippen molar-refractivity contribution >= 4 is 23.6 Å². The van der Waals surface area contributed by atoms with Crippen molar-refractivity contribution in [1.82, 2.24) is 10.2 Å². The SMILES string of the molecule is CC(=O)C1=C(C)NC(=O)N(C(=O)Oc2ccc([N+](=O)[O-])cc2)C1c1ccc(C)cc1. The van der Waals surface area contributed by atoms with Gasteiger partial charge in [-0.2, -0.15) is 0 Å². The summed E-state index contributed by atoms with van der Waals surface area (Å²) < 4.78 is 5.27. The second kappa shape index (κ2) is 8.16. The normalized spacial score (nSPS) is 16.2. The fourth-order valence-corrected chi connectivity index (χ4v) is 3.23. The topological polar surface area (TPSA) is 119 Å². The van der Waals surface area contributed by atoms with Gasteiger partial charge in [-0.25, -0.2) is 14.5 Å². The van der Waals surface area contributed by atoms with E-state index >= 15 is 0 Å². The number of hydrogen-bond acceptors (Lipinski definition) is 6. The van der Waals surface area contributed by atoms with Gasteiger partial charge in [-0.05, 0) is 38.5 Å². The Morgan fingerprint density at radius 3 is 2.20 bits per heavy atom. The highest BCUT2D eigenvalue weighted by molar-refractivity contribution is 6.02. The number of nitrogens with one attached hydrogen (secondary N) is 1. The summed E-state index contributed by atoms with van der Waals surface area (Å²) in [5.74, 6) is -0.275. The van der Waals surface area contributed by atoms with Gasteiger partial charge in [-0.15, -0.1) is 0 Å². The van der Waals surface area contributed by atoms with Gasteiger partial charge in [0.1, 0.15) is 11.8 Å². The summed E-state index contributed by atoms with van der Waals surface area (Å²) in [7, 11) is 0. The Bertz CT molecular complexity index is 1060. The van der Waals surface area contributed by atoms with E-state index in [0.29, 0.717) is 11.3 Å². The summed E-state index contributed by atoms with van der Waals surface area (Å²) in [6.07, 6.45) is -1.02. The third kappa shape index (κ3) is 4.04. The molecule has 0 bridgehead atoms. The van der Waals surface area contributed by atoms with E-state index in [1.165, 1.54) is 31.2 Å². The highest BCUT2D eigenvalue weighted by atomic mass is 16.6. The number of aryl methyl sites for hydroxylation is 1. The van der Waals surface area contributed by atoms with Gasteiger partial charge in [0, 0.05) is 23.4 Å². The minimum absolute atomic E-state index is 0.0247. The maximum absolute atomic E-state index is 12.9. The average molecular weight is 409 g/mol. The summed E-state index contributed by atoms with van der Waals surface area (Å²) in [6, 6.07) is 10.3. The van der Waals surface area contributed by atoms with Gasteiger partial charge in [0.25, 0.3) is 5.69 Å². The number of allylic oxidation sites excluding steroid dienone is 1. The lowest BCUT2D eigenvalue weighted by molar-refractivity contribution is -0.384. The van der Waals surface area contributed by atoms with E-state index < -0.39 is 23.1 Å². The molecule has 0 saturated heterocycles. The molecule has 0 aromatic heterocycles. The molecule has 1 unspecified atom stereocenters. The molecule has 0 aliphatic carbocycles. The zero-order chi connectivity index (χ0) is 22.0. The Kier molecular flexibility index (Phi) is 5.63. The van der Waals surface area contributed by atoms with Crippen LogP contribution in [0.5, 0.6) is 5.75 Å². The number of amides is 3. The Morgan fingerprint density at radius 1 is 1.07 bits per heavy atom. The minimum Gasteiger partial charge on any atom is -0.410 e. The van der Waals surface area contributed by atoms with Gasteiger partial charge in [-0.1, -0.05) is 29.8 Å². The summed E-state index contributed by atoms with van der Waals surface area (Å²) in [5.41, 5.74) is 2.00. The van der Waals surface area contributed by atoms with Gasteiger partial charge in [0.05, 0.1) is 4.92 Å². The molecule has 154 valence electrons. The molecule has 0 fully saturated rings. The number of Topliss-reactive ketones (excluding diaryl/α,β-unsaturated/α-hetero) is 1. The third-order valence-corrected chi connectivity index (χ3v) is 4.67. The van der Waals surface area contributed by atoms with Crippen LogP contribution in [0.3, 0.4) is 0 Å². The number of benzene rings is 2. The minimum atomic E-state index is -1.02. The van der Waals surface area contributed by atoms with E-state index in [9.17, 15) is 24.5 Å². The van der Waals surface area contributed by atoms with Gasteiger partial charge in [0.2, 0.25) is 0 Å². The van der Waals surface area contributed by atoms with Crippen LogP contribution >= 0.6 is 0 Å². The number of hydrogen-bond donors (Lipinski definition) is 1. The molecule has 1 heterocycles. The van der Waals surface area contributed by atoms with Crippen LogP contribution in [0.2, 0.25) is 0 Å². The molecule has 1 aliphatic heterocycles. The number of nitro groups is 1. The molecule has 0 radical (unpaired) electrons. The molecule has 1 N–H and O–H groups in total. The maximum Gasteiger partial charge on any atom is 0.424 e. The quantitative estimate of drug-likeness (QED) is 0.601. The third-order valence-electron chi connectivity index (χ3n) is 4.67. The van der Waals surface area contributed by atoms with Gasteiger partial charge in [0.15, 0.2) is 5.78 Å². The van der Waals surface area contributed by atoms with Gasteiger partial charge in [-0.3, -0.25) is 14.9 Å². The van der Waals surface area contributed by atoms with E-state index in [1.807, 2.05) is 19.1 Å². The van der Waals surface area contributed by atoms with Crippen LogP contribution in [0.15, 0.2) is 59.8 Å². The number of non-ortho nitro benzene ring substituents is 1. The number of ketones is 1. The zero-order valence-corrected chi connectivity index (χ0v) is 16.5. The largest absolute Gasteiger partial charge is 0.424 e. The van der Waals surface area contributed by atoms with Crippen LogP contribution in [0, 0.1) is 17.0 Å². The van der Waals surface area contributed by atoms with E-state index in [-0.39, 0.29) is 22.8 Å². The molecule has 9 heteroatoms. The van der Waals surface area contributed by atoms with Crippen LogP contribution in [0.1, 0.15) is 31.0 Å². The van der Waals surface area contributed by atoms with Crippen molar-refractivity contribution in [2.45, 2.75) is 26.8 Å². The number of ether oxygens (including phenoxy) is 1. The second-order valence-electron chi connectivity index (χ2n) is 6.83. The van der Waals surface area contributed by atoms with Crippen molar-refractivity contribution in [3.8, 4) is 5.75 Å². The number of nitro benzene ring substituents is 1. The number of rotatable bonds is 4. The van der Waals surface area contributed by atoms with Gasteiger partial charge < -0.3 is 10.1 Å². The van der Waals surface area contributed by atoms with Crippen molar-refractivity contribution in [2.24, 2.45) is 0 Å². The summed E-state index contributed by atoms with van der Waals surface area (Å²) in [5, 5.41) is 13.3. The number of imide groups is 1. The molecule has 1 aliphatic rings. The van der Waals surface area contributed by atoms with Crippen LogP contribution in [0.4, 0.5) is 15.3 Å². The zero-order valence-electron chi connectivity index (χ0n) is 16.5. The molecule has 0 saturated carbocycles. The van der Waals surface area contributed by atoms with Crippen molar-refractivity contribution in [3.63, 3.8) is 0 Å². The maximum atomic E-state index is 12.9. The Morgan fingerprint density at radius 2 is 1.67 bits per heavy atom. The average Bonchev–Trinajstić information content (AvgIpc) is 2.68. The monoisotopic (exact) mass is 409 g/mol. The molecular weight excluding hydrogens is 390 g/mol. The van der Waals surface area contributed by atoms with E-state index in [2.05, 4.69) is 5.32 Å². The number of carbonyl (C=O) groups excluding carboxylic acids is 3. The number of carbonyl (C=O) groups is 3. The predicted molar refractivity (Wildman–Crippen MR) is 107 cm³/mol.